The van der Waals surface area contributed by atoms with Crippen LogP contribution >= 0.6 is 0 Å². The zero-order valence-electron chi connectivity index (χ0n) is 20.8. The van der Waals surface area contributed by atoms with Crippen LogP contribution in [0.2, 0.25) is 0 Å². The van der Waals surface area contributed by atoms with Crippen molar-refractivity contribution >= 4 is 34.2 Å². The minimum Gasteiger partial charge on any atom is -0.478 e. The molecular formula is C28H35NO4S. The minimum atomic E-state index is -3.78. The number of rotatable bonds is 5. The van der Waals surface area contributed by atoms with E-state index in [1.807, 2.05) is 12.2 Å². The first-order chi connectivity index (χ1) is 15.5. The number of hydrogen-bond acceptors (Lipinski definition) is 3. The first-order valence-electron chi connectivity index (χ1n) is 11.4. The molecule has 3 N–H and O–H groups in total. The Labute approximate surface area is 203 Å². The van der Waals surface area contributed by atoms with E-state index in [4.69, 9.17) is 10.2 Å². The van der Waals surface area contributed by atoms with E-state index in [1.54, 1.807) is 30.3 Å². The lowest BCUT2D eigenvalue weighted by Crippen LogP contribution is -2.36. The zero-order chi connectivity index (χ0) is 25.5. The highest BCUT2D eigenvalue weighted by Gasteiger charge is 2.45. The summed E-state index contributed by atoms with van der Waals surface area (Å²) in [5, 5.41) is 15.4. The Morgan fingerprint density at radius 1 is 0.882 bits per heavy atom. The normalized spacial score (nSPS) is 19.1. The molecule has 2 aromatic carbocycles. The minimum absolute atomic E-state index is 0.0473. The quantitative estimate of drug-likeness (QED) is 0.393. The molecule has 0 saturated carbocycles. The van der Waals surface area contributed by atoms with Crippen molar-refractivity contribution in [2.24, 2.45) is 10.6 Å². The molecule has 0 radical (unpaired) electrons. The molecule has 0 amide bonds. The van der Waals surface area contributed by atoms with Crippen LogP contribution in [0.5, 0.6) is 0 Å². The molecule has 5 nitrogen and oxygen atoms in total. The van der Waals surface area contributed by atoms with Gasteiger partial charge in [0.1, 0.15) is 0 Å². The largest absolute Gasteiger partial charge is 0.478 e. The van der Waals surface area contributed by atoms with E-state index in [0.29, 0.717) is 0 Å². The number of benzene rings is 2. The van der Waals surface area contributed by atoms with Crippen LogP contribution in [-0.4, -0.2) is 19.5 Å². The second-order valence-electron chi connectivity index (χ2n) is 11.1. The molecular weight excluding hydrogens is 446 g/mol. The van der Waals surface area contributed by atoms with Gasteiger partial charge in [0.05, 0.1) is 5.56 Å². The van der Waals surface area contributed by atoms with Gasteiger partial charge in [0, 0.05) is 5.41 Å². The predicted octanol–water partition coefficient (Wildman–Crippen LogP) is 6.19. The highest BCUT2D eigenvalue weighted by molar-refractivity contribution is 7.92. The molecule has 1 aliphatic rings. The molecule has 0 aliphatic heterocycles. The molecule has 34 heavy (non-hydrogen) atoms. The summed E-state index contributed by atoms with van der Waals surface area (Å²) >= 11 is 0. The molecule has 0 bridgehead atoms. The maximum Gasteiger partial charge on any atom is 0.335 e. The van der Waals surface area contributed by atoms with Crippen LogP contribution in [0.4, 0.5) is 0 Å². The van der Waals surface area contributed by atoms with Gasteiger partial charge in [0.15, 0.2) is 0 Å². The van der Waals surface area contributed by atoms with Crippen molar-refractivity contribution in [2.75, 3.05) is 0 Å². The van der Waals surface area contributed by atoms with Gasteiger partial charge in [-0.15, -0.1) is 0 Å². The van der Waals surface area contributed by atoms with Gasteiger partial charge in [-0.1, -0.05) is 78.0 Å². The Bertz CT molecular complexity index is 1260. The third-order valence-corrected chi connectivity index (χ3v) is 8.26. The van der Waals surface area contributed by atoms with Crippen molar-refractivity contribution in [3.05, 3.63) is 75.2 Å². The summed E-state index contributed by atoms with van der Waals surface area (Å²) in [5.41, 5.74) is 5.09. The first-order valence-corrected chi connectivity index (χ1v) is 13.1. The second kappa shape index (κ2) is 8.82. The van der Waals surface area contributed by atoms with E-state index in [9.17, 15) is 13.2 Å². The SMILES string of the molecule is CC1(C)CCC(C)(C)C(C)(C)c2cc(/C=C/S(N)(=O)=O)c(/C=C/c3ccc(C(=O)O)cc3)cc21. The number of carboxylic acid groups (broad SMARTS) is 1. The fourth-order valence-corrected chi connectivity index (χ4v) is 4.86. The molecule has 182 valence electrons. The number of fused-ring (bicyclic) bond motifs is 1. The van der Waals surface area contributed by atoms with Crippen molar-refractivity contribution in [3.8, 4) is 0 Å². The van der Waals surface area contributed by atoms with Crippen molar-refractivity contribution in [2.45, 2.75) is 65.2 Å². The van der Waals surface area contributed by atoms with E-state index in [-0.39, 0.29) is 21.8 Å². The van der Waals surface area contributed by atoms with Crippen molar-refractivity contribution in [1.29, 1.82) is 0 Å². The second-order valence-corrected chi connectivity index (χ2v) is 12.5. The lowest BCUT2D eigenvalue weighted by atomic mass is 9.62. The van der Waals surface area contributed by atoms with Crippen LogP contribution in [-0.2, 0) is 20.9 Å². The molecule has 0 fully saturated rings. The van der Waals surface area contributed by atoms with Crippen LogP contribution in [0, 0.1) is 5.41 Å². The Balaban J connectivity index is 2.21. The van der Waals surface area contributed by atoms with Gasteiger partial charge in [-0.2, -0.15) is 0 Å². The predicted molar refractivity (Wildman–Crippen MR) is 140 cm³/mol. The first kappa shape index (κ1) is 25.9. The summed E-state index contributed by atoms with van der Waals surface area (Å²) in [4.78, 5) is 11.1. The molecule has 1 aliphatic carbocycles. The van der Waals surface area contributed by atoms with E-state index < -0.39 is 16.0 Å². The molecule has 2 aromatic rings. The Morgan fingerprint density at radius 2 is 1.44 bits per heavy atom. The summed E-state index contributed by atoms with van der Waals surface area (Å²) in [6.07, 6.45) is 7.52. The average molecular weight is 482 g/mol. The van der Waals surface area contributed by atoms with Gasteiger partial charge >= 0.3 is 5.97 Å². The molecule has 0 heterocycles. The van der Waals surface area contributed by atoms with Gasteiger partial charge in [-0.3, -0.25) is 0 Å². The van der Waals surface area contributed by atoms with Crippen LogP contribution in [0.25, 0.3) is 18.2 Å². The summed E-state index contributed by atoms with van der Waals surface area (Å²) in [7, 11) is -3.78. The highest BCUT2D eigenvalue weighted by Crippen LogP contribution is 2.53. The van der Waals surface area contributed by atoms with E-state index >= 15 is 0 Å². The molecule has 0 unspecified atom stereocenters. The fraction of sp³-hybridized carbons (Fsp3) is 0.393. The topological polar surface area (TPSA) is 97.5 Å². The highest BCUT2D eigenvalue weighted by atomic mass is 32.2. The maximum absolute atomic E-state index is 11.7. The number of sulfonamides is 1. The van der Waals surface area contributed by atoms with Gasteiger partial charge in [0.25, 0.3) is 0 Å². The molecule has 0 spiro atoms. The fourth-order valence-electron chi connectivity index (χ4n) is 4.53. The van der Waals surface area contributed by atoms with Crippen LogP contribution in [0.3, 0.4) is 0 Å². The number of carbonyl (C=O) groups is 1. The van der Waals surface area contributed by atoms with E-state index in [2.05, 4.69) is 53.7 Å². The summed E-state index contributed by atoms with van der Waals surface area (Å²) in [6.45, 7) is 13.7. The van der Waals surface area contributed by atoms with Gasteiger partial charge in [0.2, 0.25) is 10.0 Å². The Hall–Kier alpha value is -2.70. The van der Waals surface area contributed by atoms with Crippen LogP contribution < -0.4 is 5.14 Å². The van der Waals surface area contributed by atoms with Crippen molar-refractivity contribution < 1.29 is 18.3 Å². The smallest absolute Gasteiger partial charge is 0.335 e. The Morgan fingerprint density at radius 3 is 2.00 bits per heavy atom. The lowest BCUT2D eigenvalue weighted by molar-refractivity contribution is 0.0697. The van der Waals surface area contributed by atoms with E-state index in [0.717, 1.165) is 34.9 Å². The molecule has 0 aromatic heterocycles. The molecule has 0 atom stereocenters. The number of carboxylic acids is 1. The van der Waals surface area contributed by atoms with Crippen LogP contribution in [0.15, 0.2) is 41.8 Å². The van der Waals surface area contributed by atoms with Crippen molar-refractivity contribution in [3.63, 3.8) is 0 Å². The third kappa shape index (κ3) is 5.34. The van der Waals surface area contributed by atoms with Crippen molar-refractivity contribution in [1.82, 2.24) is 0 Å². The summed E-state index contributed by atoms with van der Waals surface area (Å²) < 4.78 is 23.4. The number of primary sulfonamides is 1. The summed E-state index contributed by atoms with van der Waals surface area (Å²) in [6, 6.07) is 10.9. The molecule has 6 heteroatoms. The molecule has 3 rings (SSSR count). The molecule has 0 saturated heterocycles. The zero-order valence-corrected chi connectivity index (χ0v) is 21.7. The number of nitrogens with two attached hydrogens (primary N) is 1. The van der Waals surface area contributed by atoms with Gasteiger partial charge in [-0.05, 0) is 75.1 Å². The lowest BCUT2D eigenvalue weighted by Gasteiger charge is -2.42. The van der Waals surface area contributed by atoms with Gasteiger partial charge in [-0.25, -0.2) is 18.4 Å². The number of aromatic carboxylic acids is 1. The standard InChI is InChI=1S/C28H35NO4S/c1-26(2)14-15-27(3,4)28(5,6)24-18-22(13-16-34(29,32)33)21(17-23(24)26)12-9-19-7-10-20(11-8-19)25(30)31/h7-13,16-18H,14-15H2,1-6H3,(H,30,31)(H2,29,32,33)/b12-9+,16-13+. The third-order valence-electron chi connectivity index (χ3n) is 7.74. The van der Waals surface area contributed by atoms with E-state index in [1.165, 1.54) is 11.1 Å². The monoisotopic (exact) mass is 481 g/mol. The van der Waals surface area contributed by atoms with Crippen LogP contribution in [0.1, 0.15) is 92.6 Å². The van der Waals surface area contributed by atoms with Gasteiger partial charge < -0.3 is 5.11 Å². The maximum atomic E-state index is 11.7. The average Bonchev–Trinajstić information content (AvgIpc) is 2.78. The summed E-state index contributed by atoms with van der Waals surface area (Å²) in [5.74, 6) is -0.968. The number of hydrogen-bond donors (Lipinski definition) is 2. The Kier molecular flexibility index (Phi) is 6.72.